The third-order valence-corrected chi connectivity index (χ3v) is 4.15. The van der Waals surface area contributed by atoms with Gasteiger partial charge in [0.15, 0.2) is 5.82 Å². The van der Waals surface area contributed by atoms with Crippen LogP contribution in [0.2, 0.25) is 0 Å². The van der Waals surface area contributed by atoms with Gasteiger partial charge < -0.3 is 9.26 Å². The van der Waals surface area contributed by atoms with Gasteiger partial charge in [-0.25, -0.2) is 4.98 Å². The predicted octanol–water partition coefficient (Wildman–Crippen LogP) is 1.63. The summed E-state index contributed by atoms with van der Waals surface area (Å²) in [6.07, 6.45) is 1.94. The molecule has 0 spiro atoms. The van der Waals surface area contributed by atoms with Crippen molar-refractivity contribution in [1.29, 1.82) is 0 Å². The van der Waals surface area contributed by atoms with Crippen molar-refractivity contribution in [3.05, 3.63) is 27.8 Å². The maximum Gasteiger partial charge on any atom is 0.321 e. The third-order valence-electron chi connectivity index (χ3n) is 3.18. The van der Waals surface area contributed by atoms with Crippen molar-refractivity contribution >= 4 is 17.3 Å². The van der Waals surface area contributed by atoms with E-state index >= 15 is 0 Å². The number of aromatic nitrogens is 3. The average Bonchev–Trinajstić information content (AvgIpc) is 2.92. The summed E-state index contributed by atoms with van der Waals surface area (Å²) in [6, 6.07) is 0. The summed E-state index contributed by atoms with van der Waals surface area (Å²) < 4.78 is 9.99. The van der Waals surface area contributed by atoms with Crippen molar-refractivity contribution in [1.82, 2.24) is 15.1 Å². The first-order valence-electron chi connectivity index (χ1n) is 5.96. The molecule has 100 valence electrons. The Hall–Kier alpha value is -1.76. The van der Waals surface area contributed by atoms with Gasteiger partial charge in [-0.15, -0.1) is 11.3 Å². The Morgan fingerprint density at radius 3 is 2.89 bits per heavy atom. The molecule has 1 fully saturated rings. The van der Waals surface area contributed by atoms with Crippen molar-refractivity contribution in [2.75, 3.05) is 7.11 Å². The van der Waals surface area contributed by atoms with E-state index in [-0.39, 0.29) is 5.97 Å². The maximum atomic E-state index is 11.7. The average molecular weight is 279 g/mol. The van der Waals surface area contributed by atoms with E-state index in [1.54, 1.807) is 11.3 Å². The van der Waals surface area contributed by atoms with E-state index in [4.69, 9.17) is 9.26 Å². The van der Waals surface area contributed by atoms with Crippen LogP contribution in [0.15, 0.2) is 9.90 Å². The summed E-state index contributed by atoms with van der Waals surface area (Å²) in [6.45, 7) is 1.94. The molecular weight excluding hydrogens is 266 g/mol. The number of carbonyl (C=O) groups excluding carboxylic acids is 1. The highest BCUT2D eigenvalue weighted by atomic mass is 32.1. The zero-order valence-corrected chi connectivity index (χ0v) is 11.5. The Bertz CT molecular complexity index is 615. The standard InChI is InChI=1S/C12H13N3O3S/c1-7-6-19-9(13-7)5-8-14-10(18-15-8)12(3-4-12)11(16)17-2/h6H,3-5H2,1-2H3. The molecule has 0 atom stereocenters. The van der Waals surface area contributed by atoms with Crippen LogP contribution in [0.4, 0.5) is 0 Å². The summed E-state index contributed by atoms with van der Waals surface area (Å²) in [5.74, 6) is 0.620. The molecule has 0 N–H and O–H groups in total. The minimum absolute atomic E-state index is 0.298. The molecule has 2 aromatic rings. The molecule has 0 saturated heterocycles. The van der Waals surface area contributed by atoms with Crippen LogP contribution >= 0.6 is 11.3 Å². The molecule has 1 aliphatic carbocycles. The lowest BCUT2D eigenvalue weighted by Gasteiger charge is -2.05. The second-order valence-corrected chi connectivity index (χ2v) is 5.59. The summed E-state index contributed by atoms with van der Waals surface area (Å²) in [7, 11) is 1.37. The number of methoxy groups -OCH3 is 1. The summed E-state index contributed by atoms with van der Waals surface area (Å²) >= 11 is 1.56. The lowest BCUT2D eigenvalue weighted by molar-refractivity contribution is -0.144. The molecule has 0 aromatic carbocycles. The lowest BCUT2D eigenvalue weighted by atomic mass is 10.1. The molecule has 0 radical (unpaired) electrons. The largest absolute Gasteiger partial charge is 0.468 e. The second-order valence-electron chi connectivity index (χ2n) is 4.65. The van der Waals surface area contributed by atoms with Crippen LogP contribution in [0.1, 0.15) is 35.3 Å². The van der Waals surface area contributed by atoms with Gasteiger partial charge in [-0.3, -0.25) is 4.79 Å². The molecule has 0 amide bonds. The minimum atomic E-state index is -0.696. The molecule has 1 saturated carbocycles. The van der Waals surface area contributed by atoms with E-state index in [9.17, 15) is 4.79 Å². The second kappa shape index (κ2) is 4.41. The van der Waals surface area contributed by atoms with E-state index in [2.05, 4.69) is 15.1 Å². The van der Waals surface area contributed by atoms with Gasteiger partial charge in [-0.1, -0.05) is 5.16 Å². The fourth-order valence-electron chi connectivity index (χ4n) is 1.96. The van der Waals surface area contributed by atoms with Gasteiger partial charge in [0.25, 0.3) is 0 Å². The quantitative estimate of drug-likeness (QED) is 0.791. The fraction of sp³-hybridized carbons (Fsp3) is 0.500. The van der Waals surface area contributed by atoms with Gasteiger partial charge in [0.1, 0.15) is 10.4 Å². The molecule has 2 aromatic heterocycles. The van der Waals surface area contributed by atoms with Gasteiger partial charge >= 0.3 is 5.97 Å². The van der Waals surface area contributed by atoms with Crippen molar-refractivity contribution in [2.45, 2.75) is 31.6 Å². The lowest BCUT2D eigenvalue weighted by Crippen LogP contribution is -2.22. The molecule has 6 nitrogen and oxygen atoms in total. The Kier molecular flexibility index (Phi) is 2.85. The van der Waals surface area contributed by atoms with Gasteiger partial charge in [-0.05, 0) is 19.8 Å². The van der Waals surface area contributed by atoms with E-state index in [1.165, 1.54) is 7.11 Å². The zero-order chi connectivity index (χ0) is 13.5. The number of nitrogens with zero attached hydrogens (tertiary/aromatic N) is 3. The third kappa shape index (κ3) is 2.14. The summed E-state index contributed by atoms with van der Waals surface area (Å²) in [5, 5.41) is 6.83. The van der Waals surface area contributed by atoms with Crippen molar-refractivity contribution in [2.24, 2.45) is 0 Å². The Balaban J connectivity index is 1.78. The van der Waals surface area contributed by atoms with Crippen LogP contribution in [-0.2, 0) is 21.4 Å². The smallest absolute Gasteiger partial charge is 0.321 e. The van der Waals surface area contributed by atoms with Crippen LogP contribution in [0.5, 0.6) is 0 Å². The van der Waals surface area contributed by atoms with Crippen LogP contribution in [0.3, 0.4) is 0 Å². The van der Waals surface area contributed by atoms with Crippen LogP contribution in [0.25, 0.3) is 0 Å². The summed E-state index contributed by atoms with van der Waals surface area (Å²) in [5.41, 5.74) is 0.288. The normalized spacial score (nSPS) is 16.3. The van der Waals surface area contributed by atoms with E-state index < -0.39 is 5.41 Å². The Morgan fingerprint density at radius 2 is 2.32 bits per heavy atom. The molecular formula is C12H13N3O3S. The number of thiazole rings is 1. The summed E-state index contributed by atoms with van der Waals surface area (Å²) in [4.78, 5) is 20.4. The monoisotopic (exact) mass is 279 g/mol. The van der Waals surface area contributed by atoms with Gasteiger partial charge in [0.2, 0.25) is 5.89 Å². The number of carbonyl (C=O) groups is 1. The number of hydrogen-bond acceptors (Lipinski definition) is 7. The molecule has 0 unspecified atom stereocenters. The molecule has 0 aliphatic heterocycles. The number of ether oxygens (including phenoxy) is 1. The van der Waals surface area contributed by atoms with Crippen molar-refractivity contribution < 1.29 is 14.1 Å². The van der Waals surface area contributed by atoms with Crippen LogP contribution in [-0.4, -0.2) is 28.2 Å². The van der Waals surface area contributed by atoms with Gasteiger partial charge in [0, 0.05) is 11.1 Å². The number of aryl methyl sites for hydroxylation is 1. The molecule has 19 heavy (non-hydrogen) atoms. The predicted molar refractivity (Wildman–Crippen MR) is 66.9 cm³/mol. The number of hydrogen-bond donors (Lipinski definition) is 0. The van der Waals surface area contributed by atoms with Gasteiger partial charge in [-0.2, -0.15) is 4.98 Å². The van der Waals surface area contributed by atoms with Crippen molar-refractivity contribution in [3.8, 4) is 0 Å². The van der Waals surface area contributed by atoms with E-state index in [0.717, 1.165) is 10.7 Å². The number of esters is 1. The fourth-order valence-corrected chi connectivity index (χ4v) is 2.73. The van der Waals surface area contributed by atoms with E-state index in [1.807, 2.05) is 12.3 Å². The van der Waals surface area contributed by atoms with Crippen molar-refractivity contribution in [3.63, 3.8) is 0 Å². The molecule has 0 bridgehead atoms. The zero-order valence-electron chi connectivity index (χ0n) is 10.7. The molecule has 7 heteroatoms. The maximum absolute atomic E-state index is 11.7. The SMILES string of the molecule is COC(=O)C1(c2nc(Cc3nc(C)cs3)no2)CC1. The topological polar surface area (TPSA) is 78.1 Å². The first kappa shape index (κ1) is 12.3. The number of rotatable bonds is 4. The molecule has 1 aliphatic rings. The highest BCUT2D eigenvalue weighted by molar-refractivity contribution is 7.09. The minimum Gasteiger partial charge on any atom is -0.468 e. The first-order chi connectivity index (χ1) is 9.14. The van der Waals surface area contributed by atoms with Gasteiger partial charge in [0.05, 0.1) is 13.5 Å². The van der Waals surface area contributed by atoms with E-state index in [0.29, 0.717) is 31.0 Å². The molecule has 3 rings (SSSR count). The Morgan fingerprint density at radius 1 is 1.53 bits per heavy atom. The Labute approximate surface area is 113 Å². The highest BCUT2D eigenvalue weighted by Crippen LogP contribution is 2.48. The highest BCUT2D eigenvalue weighted by Gasteiger charge is 2.57. The van der Waals surface area contributed by atoms with Crippen LogP contribution < -0.4 is 0 Å². The molecule has 2 heterocycles. The van der Waals surface area contributed by atoms with Crippen LogP contribution in [0, 0.1) is 6.92 Å². The first-order valence-corrected chi connectivity index (χ1v) is 6.84.